The fourth-order valence-electron chi connectivity index (χ4n) is 1.57. The SMILES string of the molecule is CC[C@H](CCO)CNC(=O)c1ccc[nH]c1=S. The third-order valence-corrected chi connectivity index (χ3v) is 3.07. The molecular weight excluding hydrogens is 236 g/mol. The number of carbonyl (C=O) groups is 1. The van der Waals surface area contributed by atoms with Crippen LogP contribution in [0.3, 0.4) is 0 Å². The van der Waals surface area contributed by atoms with E-state index in [1.807, 2.05) is 6.92 Å². The Labute approximate surface area is 106 Å². The molecule has 0 aliphatic heterocycles. The van der Waals surface area contributed by atoms with Crippen molar-refractivity contribution in [1.29, 1.82) is 0 Å². The molecule has 94 valence electrons. The zero-order chi connectivity index (χ0) is 12.7. The molecule has 1 amide bonds. The molecule has 0 aliphatic carbocycles. The number of rotatable bonds is 6. The van der Waals surface area contributed by atoms with Crippen LogP contribution in [0.5, 0.6) is 0 Å². The van der Waals surface area contributed by atoms with Gasteiger partial charge >= 0.3 is 0 Å². The summed E-state index contributed by atoms with van der Waals surface area (Å²) < 4.78 is 0.445. The van der Waals surface area contributed by atoms with E-state index in [0.717, 1.165) is 6.42 Å². The highest BCUT2D eigenvalue weighted by Crippen LogP contribution is 2.06. The number of aromatic nitrogens is 1. The molecular formula is C12H18N2O2S. The fraction of sp³-hybridized carbons (Fsp3) is 0.500. The summed E-state index contributed by atoms with van der Waals surface area (Å²) in [7, 11) is 0. The average molecular weight is 254 g/mol. The summed E-state index contributed by atoms with van der Waals surface area (Å²) in [6.07, 6.45) is 3.33. The summed E-state index contributed by atoms with van der Waals surface area (Å²) in [6.45, 7) is 2.76. The average Bonchev–Trinajstić information content (AvgIpc) is 2.34. The standard InChI is InChI=1S/C12H18N2O2S/c1-2-9(5-7-15)8-14-11(16)10-4-3-6-13-12(10)17/h3-4,6,9,15H,2,5,7-8H2,1H3,(H,13,17)(H,14,16)/t9-/m1/s1. The Morgan fingerprint density at radius 1 is 1.65 bits per heavy atom. The van der Waals surface area contributed by atoms with Gasteiger partial charge in [-0.15, -0.1) is 0 Å². The lowest BCUT2D eigenvalue weighted by atomic mass is 10.0. The Morgan fingerprint density at radius 2 is 2.41 bits per heavy atom. The van der Waals surface area contributed by atoms with Crippen molar-refractivity contribution >= 4 is 18.1 Å². The highest BCUT2D eigenvalue weighted by atomic mass is 32.1. The van der Waals surface area contributed by atoms with E-state index in [-0.39, 0.29) is 12.5 Å². The van der Waals surface area contributed by atoms with Crippen molar-refractivity contribution in [2.24, 2.45) is 5.92 Å². The molecule has 0 spiro atoms. The molecule has 0 bridgehead atoms. The number of carbonyl (C=O) groups excluding carboxylic acids is 1. The maximum atomic E-state index is 11.8. The first-order valence-electron chi connectivity index (χ1n) is 5.75. The molecule has 1 aromatic rings. The molecule has 0 fully saturated rings. The molecule has 0 unspecified atom stereocenters. The van der Waals surface area contributed by atoms with Gasteiger partial charge in [-0.3, -0.25) is 4.79 Å². The van der Waals surface area contributed by atoms with E-state index in [9.17, 15) is 4.79 Å². The predicted molar refractivity (Wildman–Crippen MR) is 69.4 cm³/mol. The van der Waals surface area contributed by atoms with Crippen LogP contribution in [-0.2, 0) is 0 Å². The third-order valence-electron chi connectivity index (χ3n) is 2.73. The lowest BCUT2D eigenvalue weighted by molar-refractivity contribution is 0.0942. The van der Waals surface area contributed by atoms with Gasteiger partial charge < -0.3 is 15.4 Å². The number of amides is 1. The second-order valence-corrected chi connectivity index (χ2v) is 4.32. The van der Waals surface area contributed by atoms with Crippen molar-refractivity contribution in [2.45, 2.75) is 19.8 Å². The molecule has 0 saturated carbocycles. The first-order chi connectivity index (χ1) is 8.19. The van der Waals surface area contributed by atoms with Gasteiger partial charge in [-0.25, -0.2) is 0 Å². The smallest absolute Gasteiger partial charge is 0.254 e. The summed E-state index contributed by atoms with van der Waals surface area (Å²) in [6, 6.07) is 3.44. The number of aliphatic hydroxyl groups is 1. The Morgan fingerprint density at radius 3 is 3.00 bits per heavy atom. The minimum Gasteiger partial charge on any atom is -0.396 e. The van der Waals surface area contributed by atoms with Gasteiger partial charge in [0.05, 0.1) is 5.56 Å². The molecule has 1 heterocycles. The lowest BCUT2D eigenvalue weighted by Gasteiger charge is -2.14. The van der Waals surface area contributed by atoms with Crippen LogP contribution in [0, 0.1) is 10.6 Å². The first-order valence-corrected chi connectivity index (χ1v) is 6.16. The van der Waals surface area contributed by atoms with Crippen LogP contribution >= 0.6 is 12.2 Å². The largest absolute Gasteiger partial charge is 0.396 e. The number of nitrogens with one attached hydrogen (secondary N) is 2. The zero-order valence-electron chi connectivity index (χ0n) is 9.90. The Bertz CT molecular complexity index is 417. The molecule has 0 radical (unpaired) electrons. The van der Waals surface area contributed by atoms with E-state index in [2.05, 4.69) is 10.3 Å². The van der Waals surface area contributed by atoms with E-state index in [0.29, 0.717) is 29.1 Å². The van der Waals surface area contributed by atoms with E-state index in [1.54, 1.807) is 18.3 Å². The van der Waals surface area contributed by atoms with Crippen LogP contribution in [0.15, 0.2) is 18.3 Å². The van der Waals surface area contributed by atoms with E-state index < -0.39 is 0 Å². The Kier molecular flexibility index (Phi) is 5.86. The number of hydrogen-bond donors (Lipinski definition) is 3. The minimum absolute atomic E-state index is 0.153. The van der Waals surface area contributed by atoms with Crippen LogP contribution in [0.4, 0.5) is 0 Å². The summed E-state index contributed by atoms with van der Waals surface area (Å²) >= 11 is 5.03. The molecule has 0 saturated heterocycles. The van der Waals surface area contributed by atoms with Gasteiger partial charge in [0.25, 0.3) is 5.91 Å². The fourth-order valence-corrected chi connectivity index (χ4v) is 1.79. The molecule has 0 aromatic carbocycles. The summed E-state index contributed by atoms with van der Waals surface area (Å²) in [5.74, 6) is 0.147. The van der Waals surface area contributed by atoms with Crippen LogP contribution in [-0.4, -0.2) is 29.1 Å². The summed E-state index contributed by atoms with van der Waals surface area (Å²) in [4.78, 5) is 14.7. The van der Waals surface area contributed by atoms with Gasteiger partial charge in [-0.05, 0) is 24.5 Å². The monoisotopic (exact) mass is 254 g/mol. The Balaban J connectivity index is 2.55. The van der Waals surface area contributed by atoms with Gasteiger partial charge in [0.1, 0.15) is 4.64 Å². The van der Waals surface area contributed by atoms with Crippen molar-refractivity contribution in [3.63, 3.8) is 0 Å². The van der Waals surface area contributed by atoms with Crippen molar-refractivity contribution < 1.29 is 9.90 Å². The lowest BCUT2D eigenvalue weighted by Crippen LogP contribution is -2.29. The minimum atomic E-state index is -0.164. The number of aliphatic hydroxyl groups excluding tert-OH is 1. The van der Waals surface area contributed by atoms with Gasteiger partial charge in [-0.1, -0.05) is 25.6 Å². The van der Waals surface area contributed by atoms with E-state index >= 15 is 0 Å². The van der Waals surface area contributed by atoms with Gasteiger partial charge in [-0.2, -0.15) is 0 Å². The molecule has 3 N–H and O–H groups in total. The molecule has 0 aliphatic rings. The molecule has 1 atom stereocenters. The summed E-state index contributed by atoms with van der Waals surface area (Å²) in [5.41, 5.74) is 0.487. The van der Waals surface area contributed by atoms with Crippen molar-refractivity contribution in [2.75, 3.05) is 13.2 Å². The molecule has 17 heavy (non-hydrogen) atoms. The summed E-state index contributed by atoms with van der Waals surface area (Å²) in [5, 5.41) is 11.7. The quantitative estimate of drug-likeness (QED) is 0.679. The second kappa shape index (κ2) is 7.19. The van der Waals surface area contributed by atoms with Crippen LogP contribution in [0.25, 0.3) is 0 Å². The molecule has 4 nitrogen and oxygen atoms in total. The predicted octanol–water partition coefficient (Wildman–Crippen LogP) is 1.88. The van der Waals surface area contributed by atoms with Crippen molar-refractivity contribution in [3.05, 3.63) is 28.5 Å². The molecule has 1 rings (SSSR count). The highest BCUT2D eigenvalue weighted by molar-refractivity contribution is 7.71. The maximum Gasteiger partial charge on any atom is 0.254 e. The Hall–Kier alpha value is -1.20. The van der Waals surface area contributed by atoms with Crippen LogP contribution in [0.2, 0.25) is 0 Å². The first kappa shape index (κ1) is 13.9. The second-order valence-electron chi connectivity index (χ2n) is 3.91. The van der Waals surface area contributed by atoms with Crippen molar-refractivity contribution in [3.8, 4) is 0 Å². The van der Waals surface area contributed by atoms with Crippen molar-refractivity contribution in [1.82, 2.24) is 10.3 Å². The number of H-pyrrole nitrogens is 1. The van der Waals surface area contributed by atoms with E-state index in [4.69, 9.17) is 17.3 Å². The zero-order valence-corrected chi connectivity index (χ0v) is 10.7. The maximum absolute atomic E-state index is 11.8. The van der Waals surface area contributed by atoms with Gasteiger partial charge in [0, 0.05) is 19.3 Å². The topological polar surface area (TPSA) is 65.1 Å². The highest BCUT2D eigenvalue weighted by Gasteiger charge is 2.10. The number of pyridine rings is 1. The number of aromatic amines is 1. The van der Waals surface area contributed by atoms with Crippen LogP contribution < -0.4 is 5.32 Å². The third kappa shape index (κ3) is 4.28. The van der Waals surface area contributed by atoms with E-state index in [1.165, 1.54) is 0 Å². The van der Waals surface area contributed by atoms with Gasteiger partial charge in [0.15, 0.2) is 0 Å². The normalized spacial score (nSPS) is 12.1. The molecule has 1 aromatic heterocycles. The molecule has 5 heteroatoms. The number of hydrogen-bond acceptors (Lipinski definition) is 3. The van der Waals surface area contributed by atoms with Gasteiger partial charge in [0.2, 0.25) is 0 Å². The van der Waals surface area contributed by atoms with Crippen LogP contribution in [0.1, 0.15) is 30.1 Å².